The van der Waals surface area contributed by atoms with Gasteiger partial charge in [0.15, 0.2) is 5.82 Å². The van der Waals surface area contributed by atoms with Crippen molar-refractivity contribution in [2.45, 2.75) is 19.8 Å². The van der Waals surface area contributed by atoms with E-state index in [9.17, 15) is 4.39 Å². The van der Waals surface area contributed by atoms with Gasteiger partial charge < -0.3 is 11.1 Å². The van der Waals surface area contributed by atoms with Crippen LogP contribution in [0.4, 0.5) is 21.6 Å². The van der Waals surface area contributed by atoms with Crippen molar-refractivity contribution in [3.8, 4) is 0 Å². The Bertz CT molecular complexity index is 595. The fourth-order valence-electron chi connectivity index (χ4n) is 1.89. The van der Waals surface area contributed by atoms with Crippen LogP contribution in [0, 0.1) is 5.82 Å². The minimum atomic E-state index is -0.305. The zero-order chi connectivity index (χ0) is 14.0. The van der Waals surface area contributed by atoms with Crippen LogP contribution >= 0.6 is 15.9 Å². The summed E-state index contributed by atoms with van der Waals surface area (Å²) < 4.78 is 15.7. The van der Waals surface area contributed by atoms with Crippen molar-refractivity contribution >= 4 is 33.1 Å². The summed E-state index contributed by atoms with van der Waals surface area (Å²) in [7, 11) is 1.81. The predicted molar refractivity (Wildman–Crippen MR) is 79.0 cm³/mol. The highest BCUT2D eigenvalue weighted by atomic mass is 79.9. The Morgan fingerprint density at radius 2 is 2.21 bits per heavy atom. The van der Waals surface area contributed by atoms with Gasteiger partial charge in [-0.1, -0.05) is 13.3 Å². The van der Waals surface area contributed by atoms with Gasteiger partial charge in [-0.2, -0.15) is 5.10 Å². The number of nitrogens with two attached hydrogens (primary N) is 1. The summed E-state index contributed by atoms with van der Waals surface area (Å²) in [5.41, 5.74) is 8.17. The lowest BCUT2D eigenvalue weighted by molar-refractivity contribution is 0.628. The maximum Gasteiger partial charge on any atom is 0.152 e. The second kappa shape index (κ2) is 5.61. The maximum atomic E-state index is 13.3. The number of hydrogen-bond donors (Lipinski definition) is 2. The van der Waals surface area contributed by atoms with E-state index in [1.165, 1.54) is 12.1 Å². The molecule has 0 aliphatic heterocycles. The van der Waals surface area contributed by atoms with E-state index in [-0.39, 0.29) is 5.82 Å². The number of nitrogen functional groups attached to an aromatic ring is 1. The number of nitrogens with one attached hydrogen (secondary N) is 1. The van der Waals surface area contributed by atoms with Gasteiger partial charge in [0.25, 0.3) is 0 Å². The van der Waals surface area contributed by atoms with Crippen molar-refractivity contribution < 1.29 is 4.39 Å². The van der Waals surface area contributed by atoms with Crippen molar-refractivity contribution in [3.63, 3.8) is 0 Å². The molecule has 0 atom stereocenters. The quantitative estimate of drug-likeness (QED) is 0.902. The summed E-state index contributed by atoms with van der Waals surface area (Å²) in [6, 6.07) is 4.46. The normalized spacial score (nSPS) is 10.7. The van der Waals surface area contributed by atoms with Crippen LogP contribution in [-0.4, -0.2) is 9.78 Å². The van der Waals surface area contributed by atoms with Gasteiger partial charge in [-0.05, 0) is 40.5 Å². The molecule has 102 valence electrons. The second-order valence-electron chi connectivity index (χ2n) is 4.33. The highest BCUT2D eigenvalue weighted by molar-refractivity contribution is 9.10. The van der Waals surface area contributed by atoms with E-state index in [0.29, 0.717) is 17.2 Å². The van der Waals surface area contributed by atoms with Crippen molar-refractivity contribution in [2.24, 2.45) is 7.05 Å². The maximum absolute atomic E-state index is 13.3. The zero-order valence-electron chi connectivity index (χ0n) is 10.9. The smallest absolute Gasteiger partial charge is 0.152 e. The van der Waals surface area contributed by atoms with Gasteiger partial charge in [-0.25, -0.2) is 4.39 Å². The van der Waals surface area contributed by atoms with Crippen LogP contribution in [0.3, 0.4) is 0 Å². The minimum Gasteiger partial charge on any atom is -0.394 e. The molecule has 19 heavy (non-hydrogen) atoms. The molecule has 0 bridgehead atoms. The van der Waals surface area contributed by atoms with Gasteiger partial charge in [0, 0.05) is 11.5 Å². The molecular weight excluding hydrogens is 311 g/mol. The minimum absolute atomic E-state index is 0.305. The molecule has 2 aromatic rings. The number of anilines is 3. The number of aryl methyl sites for hydroxylation is 2. The number of halogens is 2. The fraction of sp³-hybridized carbons (Fsp3) is 0.308. The molecule has 0 spiro atoms. The molecule has 3 N–H and O–H groups in total. The van der Waals surface area contributed by atoms with E-state index < -0.39 is 0 Å². The van der Waals surface area contributed by atoms with Crippen LogP contribution in [-0.2, 0) is 13.5 Å². The highest BCUT2D eigenvalue weighted by Crippen LogP contribution is 2.30. The average Bonchev–Trinajstić information content (AvgIpc) is 2.62. The second-order valence-corrected chi connectivity index (χ2v) is 5.19. The van der Waals surface area contributed by atoms with Gasteiger partial charge in [0.2, 0.25) is 0 Å². The number of aromatic nitrogens is 2. The summed E-state index contributed by atoms with van der Waals surface area (Å²) >= 11 is 3.37. The largest absolute Gasteiger partial charge is 0.394 e. The molecule has 0 aliphatic rings. The summed E-state index contributed by atoms with van der Waals surface area (Å²) in [6.45, 7) is 2.07. The molecule has 1 heterocycles. The van der Waals surface area contributed by atoms with Gasteiger partial charge in [-0.15, -0.1) is 0 Å². The average molecular weight is 327 g/mol. The molecule has 1 aromatic carbocycles. The van der Waals surface area contributed by atoms with Crippen LogP contribution in [0.15, 0.2) is 22.7 Å². The Morgan fingerprint density at radius 3 is 2.89 bits per heavy atom. The lowest BCUT2D eigenvalue weighted by Gasteiger charge is -2.09. The first-order chi connectivity index (χ1) is 9.02. The lowest BCUT2D eigenvalue weighted by atomic mass is 10.2. The van der Waals surface area contributed by atoms with Crippen LogP contribution in [0.2, 0.25) is 0 Å². The monoisotopic (exact) mass is 326 g/mol. The molecule has 0 radical (unpaired) electrons. The molecule has 1 aromatic heterocycles. The molecule has 0 amide bonds. The number of benzene rings is 1. The standard InChI is InChI=1S/C13H16BrFN4/c1-3-4-10-12(16)13(19(2)18-10)17-11-7-8(15)5-6-9(11)14/h5-7,17H,3-4,16H2,1-2H3. The van der Waals surface area contributed by atoms with E-state index in [1.807, 2.05) is 7.05 Å². The van der Waals surface area contributed by atoms with E-state index in [2.05, 4.69) is 33.3 Å². The molecule has 4 nitrogen and oxygen atoms in total. The number of rotatable bonds is 4. The molecule has 0 unspecified atom stereocenters. The Balaban J connectivity index is 2.35. The topological polar surface area (TPSA) is 55.9 Å². The van der Waals surface area contributed by atoms with Gasteiger partial charge >= 0.3 is 0 Å². The predicted octanol–water partition coefficient (Wildman–Crippen LogP) is 3.60. The van der Waals surface area contributed by atoms with E-state index >= 15 is 0 Å². The van der Waals surface area contributed by atoms with Crippen molar-refractivity contribution in [1.82, 2.24) is 9.78 Å². The first-order valence-electron chi connectivity index (χ1n) is 6.06. The third-order valence-electron chi connectivity index (χ3n) is 2.83. The third kappa shape index (κ3) is 2.89. The van der Waals surface area contributed by atoms with E-state index in [1.54, 1.807) is 10.7 Å². The van der Waals surface area contributed by atoms with E-state index in [0.717, 1.165) is 23.0 Å². The van der Waals surface area contributed by atoms with Crippen LogP contribution < -0.4 is 11.1 Å². The Labute approximate surface area is 119 Å². The molecule has 6 heteroatoms. The van der Waals surface area contributed by atoms with Gasteiger partial charge in [0.1, 0.15) is 5.82 Å². The number of nitrogens with zero attached hydrogens (tertiary/aromatic N) is 2. The van der Waals surface area contributed by atoms with Crippen LogP contribution in [0.1, 0.15) is 19.0 Å². The summed E-state index contributed by atoms with van der Waals surface area (Å²) in [5, 5.41) is 7.49. The first-order valence-corrected chi connectivity index (χ1v) is 6.85. The SMILES string of the molecule is CCCc1nn(C)c(Nc2cc(F)ccc2Br)c1N. The Hall–Kier alpha value is -1.56. The van der Waals surface area contributed by atoms with Crippen molar-refractivity contribution in [1.29, 1.82) is 0 Å². The lowest BCUT2D eigenvalue weighted by Crippen LogP contribution is -2.02. The van der Waals surface area contributed by atoms with E-state index in [4.69, 9.17) is 5.73 Å². The van der Waals surface area contributed by atoms with Crippen LogP contribution in [0.25, 0.3) is 0 Å². The molecule has 0 saturated heterocycles. The first kappa shape index (κ1) is 13.9. The summed E-state index contributed by atoms with van der Waals surface area (Å²) in [4.78, 5) is 0. The Kier molecular flexibility index (Phi) is 4.09. The Morgan fingerprint density at radius 1 is 1.47 bits per heavy atom. The van der Waals surface area contributed by atoms with Gasteiger partial charge in [0.05, 0.1) is 17.1 Å². The third-order valence-corrected chi connectivity index (χ3v) is 3.52. The summed E-state index contributed by atoms with van der Waals surface area (Å²) in [5.74, 6) is 0.370. The summed E-state index contributed by atoms with van der Waals surface area (Å²) in [6.07, 6.45) is 1.80. The molecule has 2 rings (SSSR count). The molecular formula is C13H16BrFN4. The highest BCUT2D eigenvalue weighted by Gasteiger charge is 2.14. The molecule has 0 aliphatic carbocycles. The molecule has 0 saturated carbocycles. The van der Waals surface area contributed by atoms with Crippen molar-refractivity contribution in [2.75, 3.05) is 11.1 Å². The fourth-order valence-corrected chi connectivity index (χ4v) is 2.23. The van der Waals surface area contributed by atoms with Crippen LogP contribution in [0.5, 0.6) is 0 Å². The zero-order valence-corrected chi connectivity index (χ0v) is 12.5. The molecule has 0 fully saturated rings. The van der Waals surface area contributed by atoms with Crippen molar-refractivity contribution in [3.05, 3.63) is 34.2 Å². The van der Waals surface area contributed by atoms with Gasteiger partial charge in [-0.3, -0.25) is 4.68 Å². The number of hydrogen-bond acceptors (Lipinski definition) is 3.